The Bertz CT molecular complexity index is 3610. The lowest BCUT2D eigenvalue weighted by Crippen LogP contribution is -2.29. The first-order valence-electron chi connectivity index (χ1n) is 18.3. The second kappa shape index (κ2) is 10.5. The summed E-state index contributed by atoms with van der Waals surface area (Å²) in [5, 5.41) is 6.41. The van der Waals surface area contributed by atoms with Crippen LogP contribution < -0.4 is 9.30 Å². The summed E-state index contributed by atoms with van der Waals surface area (Å²) in [6, 6.07) is 52.1. The summed E-state index contributed by atoms with van der Waals surface area (Å²) in [5.74, 6) is 2.20. The number of ether oxygens (including phenoxy) is 1. The summed E-state index contributed by atoms with van der Waals surface area (Å²) in [4.78, 5) is 4.77. The highest BCUT2D eigenvalue weighted by molar-refractivity contribution is 6.33. The molecule has 0 N–H and O–H groups in total. The molecule has 6 aromatic heterocycles. The molecule has 0 saturated heterocycles. The van der Waals surface area contributed by atoms with Crippen LogP contribution in [0.3, 0.4) is 0 Å². The maximum atomic E-state index is 6.83. The van der Waals surface area contributed by atoms with Gasteiger partial charge in [0.05, 0.1) is 33.3 Å². The number of aromatic nitrogens is 4. The Morgan fingerprint density at radius 1 is 0.527 bits per heavy atom. The van der Waals surface area contributed by atoms with Crippen LogP contribution >= 0.6 is 0 Å². The Morgan fingerprint density at radius 2 is 1.27 bits per heavy atom. The number of nitrogens with zero attached hydrogens (tertiary/aromatic N) is 4. The maximum Gasteiger partial charge on any atom is 0.269 e. The van der Waals surface area contributed by atoms with E-state index in [9.17, 15) is 0 Å². The molecule has 7 heteroatoms. The van der Waals surface area contributed by atoms with Crippen LogP contribution in [0.1, 0.15) is 0 Å². The van der Waals surface area contributed by atoms with E-state index in [1.807, 2.05) is 72.9 Å². The van der Waals surface area contributed by atoms with Gasteiger partial charge in [0, 0.05) is 50.6 Å². The Balaban J connectivity index is 1.05. The van der Waals surface area contributed by atoms with Crippen molar-refractivity contribution in [1.29, 1.82) is 0 Å². The molecule has 0 unspecified atom stereocenters. The third kappa shape index (κ3) is 3.93. The van der Waals surface area contributed by atoms with E-state index in [4.69, 9.17) is 18.6 Å². The van der Waals surface area contributed by atoms with E-state index in [1.165, 1.54) is 5.56 Å². The van der Waals surface area contributed by atoms with Gasteiger partial charge in [0.15, 0.2) is 0 Å². The molecule has 0 atom stereocenters. The van der Waals surface area contributed by atoms with Gasteiger partial charge in [0.2, 0.25) is 0 Å². The molecule has 13 aromatic rings. The summed E-state index contributed by atoms with van der Waals surface area (Å²) in [6.07, 6.45) is 5.54. The highest BCUT2D eigenvalue weighted by Crippen LogP contribution is 2.47. The van der Waals surface area contributed by atoms with Crippen molar-refractivity contribution in [2.24, 2.45) is 0 Å². The van der Waals surface area contributed by atoms with Gasteiger partial charge in [-0.3, -0.25) is 13.5 Å². The predicted octanol–water partition coefficient (Wildman–Crippen LogP) is 11.8. The van der Waals surface area contributed by atoms with E-state index in [1.54, 1.807) is 0 Å². The Morgan fingerprint density at radius 3 is 2.11 bits per heavy atom. The summed E-state index contributed by atoms with van der Waals surface area (Å²) in [5.41, 5.74) is 11.6. The van der Waals surface area contributed by atoms with E-state index >= 15 is 0 Å². The lowest BCUT2D eigenvalue weighted by molar-refractivity contribution is -0.572. The number of rotatable bonds is 5. The molecule has 0 bridgehead atoms. The van der Waals surface area contributed by atoms with Gasteiger partial charge in [-0.15, -0.1) is 0 Å². The van der Waals surface area contributed by atoms with Crippen molar-refractivity contribution in [2.75, 3.05) is 0 Å². The molecule has 7 aromatic carbocycles. The Hall–Kier alpha value is -7.64. The minimum atomic E-state index is 0.656. The summed E-state index contributed by atoms with van der Waals surface area (Å²) < 4.78 is 26.4. The van der Waals surface area contributed by atoms with Gasteiger partial charge in [-0.1, -0.05) is 60.7 Å². The van der Waals surface area contributed by atoms with Crippen LogP contribution in [-0.2, 0) is 0 Å². The van der Waals surface area contributed by atoms with Crippen LogP contribution in [0, 0.1) is 6.33 Å². The van der Waals surface area contributed by atoms with Crippen LogP contribution in [0.2, 0.25) is 0 Å². The highest BCUT2D eigenvalue weighted by Gasteiger charge is 2.26. The molecule has 55 heavy (non-hydrogen) atoms. The fourth-order valence-corrected chi connectivity index (χ4v) is 8.80. The zero-order valence-electron chi connectivity index (χ0n) is 29.0. The SMILES string of the molecule is [c-]1n2c3cc(Oc4ccc5c6cc(-c7ccccc7)ccc6n(-c6ccccn6)c5c4)cc4oc5ccc6oc7ccc(c2c7c6c5c43)[n+]1-c1ccccc1. The number of hydrogen-bond donors (Lipinski definition) is 0. The molecule has 0 aliphatic heterocycles. The van der Waals surface area contributed by atoms with Crippen molar-refractivity contribution >= 4 is 82.2 Å². The molecule has 0 aliphatic rings. The Labute approximate surface area is 311 Å². The topological polar surface area (TPSA) is 61.6 Å². The molecule has 0 amide bonds. The van der Waals surface area contributed by atoms with Crippen molar-refractivity contribution in [3.8, 4) is 34.1 Å². The smallest absolute Gasteiger partial charge is 0.269 e. The predicted molar refractivity (Wildman–Crippen MR) is 216 cm³/mol. The molecule has 0 spiro atoms. The molecule has 0 radical (unpaired) electrons. The van der Waals surface area contributed by atoms with Crippen molar-refractivity contribution in [1.82, 2.24) is 14.0 Å². The summed E-state index contributed by atoms with van der Waals surface area (Å²) in [6.45, 7) is 0. The zero-order chi connectivity index (χ0) is 35.8. The average molecular weight is 707 g/mol. The van der Waals surface area contributed by atoms with E-state index in [2.05, 4.69) is 105 Å². The third-order valence-corrected chi connectivity index (χ3v) is 11.1. The third-order valence-electron chi connectivity index (χ3n) is 11.1. The van der Waals surface area contributed by atoms with Crippen molar-refractivity contribution in [3.05, 3.63) is 164 Å². The fourth-order valence-electron chi connectivity index (χ4n) is 8.80. The van der Waals surface area contributed by atoms with Crippen LogP contribution in [0.25, 0.3) is 105 Å². The fraction of sp³-hybridized carbons (Fsp3) is 0. The normalized spacial score (nSPS) is 12.4. The van der Waals surface area contributed by atoms with Gasteiger partial charge < -0.3 is 13.6 Å². The van der Waals surface area contributed by atoms with Gasteiger partial charge in [-0.05, 0) is 90.0 Å². The molecule has 256 valence electrons. The quantitative estimate of drug-likeness (QED) is 0.132. The highest BCUT2D eigenvalue weighted by atomic mass is 16.5. The van der Waals surface area contributed by atoms with Crippen molar-refractivity contribution in [3.63, 3.8) is 0 Å². The number of hydrogen-bond acceptors (Lipinski definition) is 4. The summed E-state index contributed by atoms with van der Waals surface area (Å²) >= 11 is 0. The van der Waals surface area contributed by atoms with Gasteiger partial charge in [0.1, 0.15) is 39.6 Å². The number of furan rings is 2. The molecule has 7 nitrogen and oxygen atoms in total. The van der Waals surface area contributed by atoms with Gasteiger partial charge in [0.25, 0.3) is 6.33 Å². The molecule has 0 fully saturated rings. The van der Waals surface area contributed by atoms with Crippen LogP contribution in [0.15, 0.2) is 167 Å². The van der Waals surface area contributed by atoms with Gasteiger partial charge >= 0.3 is 0 Å². The summed E-state index contributed by atoms with van der Waals surface area (Å²) in [7, 11) is 0. The van der Waals surface area contributed by atoms with Crippen molar-refractivity contribution in [2.45, 2.75) is 0 Å². The number of imidazole rings is 1. The van der Waals surface area contributed by atoms with Crippen LogP contribution in [0.4, 0.5) is 0 Å². The van der Waals surface area contributed by atoms with Crippen LogP contribution in [0.5, 0.6) is 11.5 Å². The standard InChI is InChI=1S/C48H26N4O3/c1-3-9-28(10-4-1)29-14-17-35-34(23-29)33-16-15-31(24-37(33)52(35)43-13-7-8-22-49-43)53-32-25-38-44-42(26-32)55-39-20-21-40-46(45(39)44)47-41(54-40)19-18-36-48(47)51(38)27-50(36)30-11-5-2-6-12-30/h1-26H. The lowest BCUT2D eigenvalue weighted by atomic mass is 10.0. The first kappa shape index (κ1) is 28.9. The van der Waals surface area contributed by atoms with E-state index < -0.39 is 0 Å². The number of benzene rings is 7. The second-order valence-corrected chi connectivity index (χ2v) is 14.1. The number of fused-ring (bicyclic) bond motifs is 4. The monoisotopic (exact) mass is 706 g/mol. The maximum absolute atomic E-state index is 6.83. The first-order valence-corrected chi connectivity index (χ1v) is 18.3. The molecule has 6 heterocycles. The van der Waals surface area contributed by atoms with E-state index in [0.717, 1.165) is 99.3 Å². The molecule has 13 rings (SSSR count). The van der Waals surface area contributed by atoms with Crippen molar-refractivity contribution < 1.29 is 18.1 Å². The number of para-hydroxylation sites is 1. The van der Waals surface area contributed by atoms with E-state index in [-0.39, 0.29) is 0 Å². The molecule has 0 aliphatic carbocycles. The van der Waals surface area contributed by atoms with Crippen LogP contribution in [-0.4, -0.2) is 14.0 Å². The molecular formula is C48H26N4O3. The molecule has 0 saturated carbocycles. The second-order valence-electron chi connectivity index (χ2n) is 14.1. The van der Waals surface area contributed by atoms with E-state index in [0.29, 0.717) is 11.5 Å². The zero-order valence-corrected chi connectivity index (χ0v) is 29.0. The minimum Gasteiger partial charge on any atom is -0.458 e. The minimum absolute atomic E-state index is 0.656. The lowest BCUT2D eigenvalue weighted by Gasteiger charge is -2.10. The first-order chi connectivity index (χ1) is 27.2. The average Bonchev–Trinajstić information content (AvgIpc) is 3.98. The van der Waals surface area contributed by atoms with Gasteiger partial charge in [-0.2, -0.15) is 0 Å². The molecular weight excluding hydrogens is 681 g/mol. The van der Waals surface area contributed by atoms with Gasteiger partial charge in [-0.25, -0.2) is 4.98 Å². The number of pyridine rings is 1. The Kier molecular flexibility index (Phi) is 5.51. The largest absolute Gasteiger partial charge is 0.458 e.